The van der Waals surface area contributed by atoms with Gasteiger partial charge in [-0.1, -0.05) is 0 Å². The van der Waals surface area contributed by atoms with E-state index in [1.54, 1.807) is 4.31 Å². The summed E-state index contributed by atoms with van der Waals surface area (Å²) >= 11 is 0. The molecular weight excluding hydrogens is 284 g/mol. The predicted molar refractivity (Wildman–Crippen MR) is 79.1 cm³/mol. The monoisotopic (exact) mass is 308 g/mol. The molecule has 0 spiro atoms. The molecular formula is C13H25ClN2O2S. The van der Waals surface area contributed by atoms with E-state index in [1.165, 1.54) is 12.8 Å². The van der Waals surface area contributed by atoms with E-state index in [0.717, 1.165) is 51.2 Å². The predicted octanol–water partition coefficient (Wildman–Crippen LogP) is 1.61. The molecule has 0 aromatic carbocycles. The second kappa shape index (κ2) is 6.29. The van der Waals surface area contributed by atoms with Crippen LogP contribution in [0.1, 0.15) is 38.5 Å². The quantitative estimate of drug-likeness (QED) is 0.811. The molecule has 0 unspecified atom stereocenters. The van der Waals surface area contributed by atoms with Gasteiger partial charge in [0.25, 0.3) is 0 Å². The van der Waals surface area contributed by atoms with Crippen molar-refractivity contribution < 1.29 is 8.42 Å². The summed E-state index contributed by atoms with van der Waals surface area (Å²) in [5.74, 6) is 1.76. The van der Waals surface area contributed by atoms with Gasteiger partial charge in [-0.2, -0.15) is 0 Å². The minimum Gasteiger partial charge on any atom is -0.314 e. The third-order valence-electron chi connectivity index (χ3n) is 4.38. The molecule has 3 rings (SSSR count). The standard InChI is InChI=1S/C13H24N2O2S.ClH/c16-18(17,10-12-3-4-12)15-7-5-13(6-8-15)14-9-11-1-2-11;/h11-14H,1-10H2;1H. The van der Waals surface area contributed by atoms with Gasteiger partial charge < -0.3 is 5.32 Å². The fraction of sp³-hybridized carbons (Fsp3) is 1.00. The summed E-state index contributed by atoms with van der Waals surface area (Å²) in [5, 5.41) is 3.59. The van der Waals surface area contributed by atoms with Crippen molar-refractivity contribution >= 4 is 22.4 Å². The molecule has 6 heteroatoms. The minimum atomic E-state index is -2.96. The van der Waals surface area contributed by atoms with Crippen LogP contribution in [0.5, 0.6) is 0 Å². The van der Waals surface area contributed by atoms with Gasteiger partial charge in [-0.05, 0) is 56.9 Å². The van der Waals surface area contributed by atoms with Crippen LogP contribution in [0.2, 0.25) is 0 Å². The maximum Gasteiger partial charge on any atom is 0.214 e. The van der Waals surface area contributed by atoms with E-state index in [1.807, 2.05) is 0 Å². The number of rotatable bonds is 6. The third kappa shape index (κ3) is 4.59. The highest BCUT2D eigenvalue weighted by Crippen LogP contribution is 2.32. The van der Waals surface area contributed by atoms with Gasteiger partial charge in [0.15, 0.2) is 0 Å². The largest absolute Gasteiger partial charge is 0.314 e. The van der Waals surface area contributed by atoms with Gasteiger partial charge in [-0.25, -0.2) is 12.7 Å². The summed E-state index contributed by atoms with van der Waals surface area (Å²) in [6, 6.07) is 0.540. The molecule has 2 saturated carbocycles. The zero-order valence-corrected chi connectivity index (χ0v) is 13.0. The van der Waals surface area contributed by atoms with E-state index in [-0.39, 0.29) is 12.4 Å². The lowest BCUT2D eigenvalue weighted by molar-refractivity contribution is 0.287. The van der Waals surface area contributed by atoms with E-state index in [9.17, 15) is 8.42 Å². The molecule has 1 saturated heterocycles. The average molecular weight is 309 g/mol. The van der Waals surface area contributed by atoms with Crippen molar-refractivity contribution in [3.8, 4) is 0 Å². The lowest BCUT2D eigenvalue weighted by atomic mass is 10.1. The SMILES string of the molecule is Cl.O=S(=O)(CC1CC1)N1CCC(NCC2CC2)CC1. The zero-order valence-electron chi connectivity index (χ0n) is 11.4. The Bertz CT molecular complexity index is 385. The maximum atomic E-state index is 12.1. The summed E-state index contributed by atoms with van der Waals surface area (Å²) in [6.07, 6.45) is 6.94. The molecule has 0 atom stereocenters. The van der Waals surface area contributed by atoms with Crippen molar-refractivity contribution in [2.75, 3.05) is 25.4 Å². The second-order valence-corrected chi connectivity index (χ2v) is 8.26. The van der Waals surface area contributed by atoms with Crippen molar-refractivity contribution in [2.24, 2.45) is 11.8 Å². The molecule has 0 aromatic heterocycles. The number of nitrogens with zero attached hydrogens (tertiary/aromatic N) is 1. The first kappa shape index (κ1) is 15.5. The van der Waals surface area contributed by atoms with Crippen molar-refractivity contribution in [1.29, 1.82) is 0 Å². The van der Waals surface area contributed by atoms with Crippen molar-refractivity contribution in [3.63, 3.8) is 0 Å². The van der Waals surface area contributed by atoms with E-state index >= 15 is 0 Å². The van der Waals surface area contributed by atoms with Crippen LogP contribution in [0, 0.1) is 11.8 Å². The van der Waals surface area contributed by atoms with E-state index < -0.39 is 10.0 Å². The van der Waals surface area contributed by atoms with E-state index in [2.05, 4.69) is 5.32 Å². The number of hydrogen-bond acceptors (Lipinski definition) is 3. The van der Waals surface area contributed by atoms with Gasteiger partial charge in [-0.15, -0.1) is 12.4 Å². The molecule has 0 radical (unpaired) electrons. The van der Waals surface area contributed by atoms with E-state index in [0.29, 0.717) is 17.7 Å². The summed E-state index contributed by atoms with van der Waals surface area (Å²) in [4.78, 5) is 0. The van der Waals surface area contributed by atoms with Crippen LogP contribution in [0.25, 0.3) is 0 Å². The summed E-state index contributed by atoms with van der Waals surface area (Å²) in [5.41, 5.74) is 0. The van der Waals surface area contributed by atoms with Crippen LogP contribution in [0.4, 0.5) is 0 Å². The topological polar surface area (TPSA) is 49.4 Å². The number of piperidine rings is 1. The number of nitrogens with one attached hydrogen (secondary N) is 1. The minimum absolute atomic E-state index is 0. The molecule has 1 N–H and O–H groups in total. The summed E-state index contributed by atoms with van der Waals surface area (Å²) in [7, 11) is -2.96. The van der Waals surface area contributed by atoms with Gasteiger partial charge in [-0.3, -0.25) is 0 Å². The first-order valence-corrected chi connectivity index (χ1v) is 8.95. The molecule has 3 fully saturated rings. The highest BCUT2D eigenvalue weighted by atomic mass is 35.5. The molecule has 0 amide bonds. The van der Waals surface area contributed by atoms with Crippen LogP contribution in [0.15, 0.2) is 0 Å². The molecule has 19 heavy (non-hydrogen) atoms. The normalized spacial score (nSPS) is 26.1. The molecule has 0 bridgehead atoms. The van der Waals surface area contributed by atoms with Crippen LogP contribution in [-0.4, -0.2) is 44.2 Å². The summed E-state index contributed by atoms with van der Waals surface area (Å²) < 4.78 is 26.0. The molecule has 3 aliphatic rings. The molecule has 112 valence electrons. The average Bonchev–Trinajstić information content (AvgIpc) is 3.21. The highest BCUT2D eigenvalue weighted by molar-refractivity contribution is 7.89. The Morgan fingerprint density at radius 3 is 2.05 bits per heavy atom. The number of hydrogen-bond donors (Lipinski definition) is 1. The Balaban J connectivity index is 0.00000133. The Morgan fingerprint density at radius 1 is 0.947 bits per heavy atom. The first-order chi connectivity index (χ1) is 8.63. The van der Waals surface area contributed by atoms with Crippen LogP contribution < -0.4 is 5.32 Å². The molecule has 2 aliphatic carbocycles. The lowest BCUT2D eigenvalue weighted by Gasteiger charge is -2.31. The molecule has 1 heterocycles. The molecule has 4 nitrogen and oxygen atoms in total. The van der Waals surface area contributed by atoms with Gasteiger partial charge >= 0.3 is 0 Å². The van der Waals surface area contributed by atoms with Crippen molar-refractivity contribution in [3.05, 3.63) is 0 Å². The molecule has 0 aromatic rings. The fourth-order valence-electron chi connectivity index (χ4n) is 2.68. The lowest BCUT2D eigenvalue weighted by Crippen LogP contribution is -2.46. The van der Waals surface area contributed by atoms with Gasteiger partial charge in [0.2, 0.25) is 10.0 Å². The Morgan fingerprint density at radius 2 is 1.53 bits per heavy atom. The van der Waals surface area contributed by atoms with E-state index in [4.69, 9.17) is 0 Å². The van der Waals surface area contributed by atoms with Crippen molar-refractivity contribution in [2.45, 2.75) is 44.6 Å². The maximum absolute atomic E-state index is 12.1. The van der Waals surface area contributed by atoms with Gasteiger partial charge in [0.05, 0.1) is 5.75 Å². The second-order valence-electron chi connectivity index (χ2n) is 6.25. The number of halogens is 1. The van der Waals surface area contributed by atoms with Crippen LogP contribution in [-0.2, 0) is 10.0 Å². The van der Waals surface area contributed by atoms with Crippen LogP contribution in [0.3, 0.4) is 0 Å². The Kier molecular flexibility index (Phi) is 5.15. The van der Waals surface area contributed by atoms with Crippen LogP contribution >= 0.6 is 12.4 Å². The first-order valence-electron chi connectivity index (χ1n) is 7.35. The Labute approximate surface area is 122 Å². The van der Waals surface area contributed by atoms with Gasteiger partial charge in [0.1, 0.15) is 0 Å². The third-order valence-corrected chi connectivity index (χ3v) is 6.43. The fourth-order valence-corrected chi connectivity index (χ4v) is 4.59. The number of sulfonamides is 1. The summed E-state index contributed by atoms with van der Waals surface area (Å²) in [6.45, 7) is 2.58. The van der Waals surface area contributed by atoms with Crippen molar-refractivity contribution in [1.82, 2.24) is 9.62 Å². The van der Waals surface area contributed by atoms with Gasteiger partial charge in [0, 0.05) is 19.1 Å². The molecule has 1 aliphatic heterocycles. The smallest absolute Gasteiger partial charge is 0.214 e. The Hall–Kier alpha value is 0.160. The highest BCUT2D eigenvalue weighted by Gasteiger charge is 2.34. The zero-order chi connectivity index (χ0) is 12.6.